The number of aryl methyl sites for hydroxylation is 1. The van der Waals surface area contributed by atoms with Crippen molar-refractivity contribution in [1.82, 2.24) is 25.0 Å². The van der Waals surface area contributed by atoms with Crippen molar-refractivity contribution < 1.29 is 9.59 Å². The van der Waals surface area contributed by atoms with Crippen molar-refractivity contribution in [2.75, 3.05) is 6.54 Å². The van der Waals surface area contributed by atoms with Crippen LogP contribution < -0.4 is 16.2 Å². The molecule has 27 heavy (non-hydrogen) atoms. The van der Waals surface area contributed by atoms with Crippen LogP contribution in [0, 0.1) is 6.92 Å². The molecular formula is C19H25N5O3. The molecule has 144 valence electrons. The Labute approximate surface area is 157 Å². The lowest BCUT2D eigenvalue weighted by Gasteiger charge is -2.13. The molecule has 1 saturated carbocycles. The van der Waals surface area contributed by atoms with Gasteiger partial charge in [0.05, 0.1) is 12.2 Å². The quantitative estimate of drug-likeness (QED) is 0.754. The Morgan fingerprint density at radius 1 is 1.22 bits per heavy atom. The van der Waals surface area contributed by atoms with E-state index in [-0.39, 0.29) is 24.1 Å². The van der Waals surface area contributed by atoms with Gasteiger partial charge < -0.3 is 15.2 Å². The van der Waals surface area contributed by atoms with Crippen molar-refractivity contribution in [1.29, 1.82) is 0 Å². The lowest BCUT2D eigenvalue weighted by molar-refractivity contribution is -0.122. The lowest BCUT2D eigenvalue weighted by atomic mass is 10.2. The lowest BCUT2D eigenvalue weighted by Crippen LogP contribution is -2.39. The zero-order valence-electron chi connectivity index (χ0n) is 15.5. The third kappa shape index (κ3) is 5.06. The zero-order chi connectivity index (χ0) is 19.2. The zero-order valence-corrected chi connectivity index (χ0v) is 15.5. The third-order valence-corrected chi connectivity index (χ3v) is 4.70. The van der Waals surface area contributed by atoms with Crippen molar-refractivity contribution in [3.05, 3.63) is 52.2 Å². The van der Waals surface area contributed by atoms with Crippen molar-refractivity contribution in [2.45, 2.75) is 51.7 Å². The van der Waals surface area contributed by atoms with Crippen molar-refractivity contribution in [3.8, 4) is 0 Å². The number of amides is 2. The van der Waals surface area contributed by atoms with E-state index in [2.05, 4.69) is 15.7 Å². The maximum absolute atomic E-state index is 12.5. The molecule has 2 aromatic heterocycles. The van der Waals surface area contributed by atoms with Gasteiger partial charge in [-0.25, -0.2) is 0 Å². The highest BCUT2D eigenvalue weighted by molar-refractivity contribution is 5.93. The summed E-state index contributed by atoms with van der Waals surface area (Å²) in [6.45, 7) is 2.69. The Bertz CT molecular complexity index is 864. The molecule has 0 bridgehead atoms. The summed E-state index contributed by atoms with van der Waals surface area (Å²) in [6, 6.07) is 5.16. The van der Waals surface area contributed by atoms with E-state index in [0.29, 0.717) is 13.1 Å². The summed E-state index contributed by atoms with van der Waals surface area (Å²) in [6.07, 6.45) is 7.58. The van der Waals surface area contributed by atoms with Gasteiger partial charge in [0.15, 0.2) is 0 Å². The number of nitrogens with one attached hydrogen (secondary N) is 2. The number of carbonyl (C=O) groups excluding carboxylic acids is 2. The molecule has 1 fully saturated rings. The van der Waals surface area contributed by atoms with Gasteiger partial charge in [-0.1, -0.05) is 12.8 Å². The summed E-state index contributed by atoms with van der Waals surface area (Å²) >= 11 is 0. The fraction of sp³-hybridized carbons (Fsp3) is 0.474. The first-order valence-corrected chi connectivity index (χ1v) is 9.30. The molecule has 2 aromatic rings. The fourth-order valence-electron chi connectivity index (χ4n) is 3.30. The predicted octanol–water partition coefficient (Wildman–Crippen LogP) is 0.842. The molecule has 0 saturated heterocycles. The van der Waals surface area contributed by atoms with Gasteiger partial charge in [0.25, 0.3) is 11.5 Å². The topological polar surface area (TPSA) is 98.0 Å². The monoisotopic (exact) mass is 371 g/mol. The van der Waals surface area contributed by atoms with E-state index >= 15 is 0 Å². The first kappa shape index (κ1) is 18.9. The Balaban J connectivity index is 1.57. The Kier molecular flexibility index (Phi) is 6.05. The van der Waals surface area contributed by atoms with E-state index in [1.807, 2.05) is 19.2 Å². The molecule has 0 spiro atoms. The number of hydrogen-bond acceptors (Lipinski definition) is 4. The van der Waals surface area contributed by atoms with Gasteiger partial charge in [-0.15, -0.1) is 0 Å². The third-order valence-electron chi connectivity index (χ3n) is 4.70. The van der Waals surface area contributed by atoms with Crippen LogP contribution in [0.4, 0.5) is 0 Å². The van der Waals surface area contributed by atoms with Crippen molar-refractivity contribution >= 4 is 11.8 Å². The van der Waals surface area contributed by atoms with Gasteiger partial charge in [0, 0.05) is 25.0 Å². The van der Waals surface area contributed by atoms with Gasteiger partial charge in [-0.2, -0.15) is 5.10 Å². The summed E-state index contributed by atoms with van der Waals surface area (Å²) in [4.78, 5) is 37.0. The highest BCUT2D eigenvalue weighted by atomic mass is 16.2. The van der Waals surface area contributed by atoms with E-state index in [0.717, 1.165) is 31.4 Å². The van der Waals surface area contributed by atoms with E-state index in [1.54, 1.807) is 10.7 Å². The molecule has 8 heteroatoms. The minimum atomic E-state index is -0.466. The van der Waals surface area contributed by atoms with Crippen molar-refractivity contribution in [2.24, 2.45) is 0 Å². The van der Waals surface area contributed by atoms with Crippen LogP contribution in [0.15, 0.2) is 35.4 Å². The van der Waals surface area contributed by atoms with Crippen LogP contribution in [-0.2, 0) is 17.9 Å². The molecule has 2 heterocycles. The van der Waals surface area contributed by atoms with Crippen molar-refractivity contribution in [3.63, 3.8) is 0 Å². The average Bonchev–Trinajstić information content (AvgIpc) is 3.28. The summed E-state index contributed by atoms with van der Waals surface area (Å²) in [5.41, 5.74) is 0.470. The molecule has 0 unspecified atom stereocenters. The van der Waals surface area contributed by atoms with Gasteiger partial charge in [-0.05, 0) is 38.0 Å². The molecule has 0 aliphatic heterocycles. The van der Waals surface area contributed by atoms with Crippen LogP contribution >= 0.6 is 0 Å². The van der Waals surface area contributed by atoms with Crippen LogP contribution in [0.2, 0.25) is 0 Å². The summed E-state index contributed by atoms with van der Waals surface area (Å²) < 4.78 is 3.00. The first-order valence-electron chi connectivity index (χ1n) is 9.30. The van der Waals surface area contributed by atoms with Gasteiger partial charge in [0.1, 0.15) is 12.1 Å². The minimum Gasteiger partial charge on any atom is -0.352 e. The molecular weight excluding hydrogens is 346 g/mol. The van der Waals surface area contributed by atoms with Gasteiger partial charge in [-0.3, -0.25) is 19.1 Å². The molecule has 0 radical (unpaired) electrons. The fourth-order valence-corrected chi connectivity index (χ4v) is 3.30. The highest BCUT2D eigenvalue weighted by Crippen LogP contribution is 2.17. The number of pyridine rings is 1. The summed E-state index contributed by atoms with van der Waals surface area (Å²) in [5.74, 6) is -0.648. The standard InChI is InChI=1S/C19H25N5O3/c1-14-8-11-24(22-14)12-9-20-18(26)16-7-4-10-23(19(16)27)13-17(25)21-15-5-2-3-6-15/h4,7-8,10-11,15H,2-3,5-6,9,12-13H2,1H3,(H,20,26)(H,21,25). The number of hydrogen-bond donors (Lipinski definition) is 2. The van der Waals surface area contributed by atoms with Crippen LogP contribution in [0.25, 0.3) is 0 Å². The number of aromatic nitrogens is 3. The molecule has 1 aliphatic carbocycles. The van der Waals surface area contributed by atoms with Crippen LogP contribution in [0.3, 0.4) is 0 Å². The number of nitrogens with zero attached hydrogens (tertiary/aromatic N) is 3. The van der Waals surface area contributed by atoms with E-state index in [4.69, 9.17) is 0 Å². The minimum absolute atomic E-state index is 0.0304. The molecule has 2 amide bonds. The normalized spacial score (nSPS) is 14.3. The Morgan fingerprint density at radius 3 is 2.70 bits per heavy atom. The van der Waals surface area contributed by atoms with E-state index in [1.165, 1.54) is 16.8 Å². The van der Waals surface area contributed by atoms with Crippen LogP contribution in [0.1, 0.15) is 41.7 Å². The Morgan fingerprint density at radius 2 is 2.00 bits per heavy atom. The molecule has 0 atom stereocenters. The molecule has 3 rings (SSSR count). The molecule has 8 nitrogen and oxygen atoms in total. The maximum atomic E-state index is 12.5. The molecule has 1 aliphatic rings. The first-order chi connectivity index (χ1) is 13.0. The SMILES string of the molecule is Cc1ccn(CCNC(=O)c2cccn(CC(=O)NC3CCCC3)c2=O)n1. The predicted molar refractivity (Wildman–Crippen MR) is 100 cm³/mol. The summed E-state index contributed by atoms with van der Waals surface area (Å²) in [5, 5.41) is 9.91. The van der Waals surface area contributed by atoms with Gasteiger partial charge >= 0.3 is 0 Å². The molecule has 0 aromatic carbocycles. The smallest absolute Gasteiger partial charge is 0.263 e. The second kappa shape index (κ2) is 8.66. The largest absolute Gasteiger partial charge is 0.352 e. The van der Waals surface area contributed by atoms with E-state index in [9.17, 15) is 14.4 Å². The highest BCUT2D eigenvalue weighted by Gasteiger charge is 2.18. The number of carbonyl (C=O) groups is 2. The second-order valence-corrected chi connectivity index (χ2v) is 6.88. The van der Waals surface area contributed by atoms with E-state index < -0.39 is 11.5 Å². The molecule has 2 N–H and O–H groups in total. The second-order valence-electron chi connectivity index (χ2n) is 6.88. The maximum Gasteiger partial charge on any atom is 0.263 e. The van der Waals surface area contributed by atoms with Crippen LogP contribution in [-0.4, -0.2) is 38.7 Å². The van der Waals surface area contributed by atoms with Crippen LogP contribution in [0.5, 0.6) is 0 Å². The summed E-state index contributed by atoms with van der Waals surface area (Å²) in [7, 11) is 0. The number of rotatable bonds is 7. The van der Waals surface area contributed by atoms with Gasteiger partial charge in [0.2, 0.25) is 5.91 Å². The average molecular weight is 371 g/mol. The Hall–Kier alpha value is -2.90.